The van der Waals surface area contributed by atoms with Crippen molar-refractivity contribution >= 4 is 21.6 Å². The Balaban J connectivity index is 1.46. The summed E-state index contributed by atoms with van der Waals surface area (Å²) in [5.41, 5.74) is 2.93. The first-order chi connectivity index (χ1) is 20.0. The first-order valence-corrected chi connectivity index (χ1v) is 15.5. The number of nitrogens with zero attached hydrogens (tertiary/aromatic N) is 3. The van der Waals surface area contributed by atoms with E-state index in [1.54, 1.807) is 36.4 Å². The average Bonchev–Trinajstić information content (AvgIpc) is 3.37. The number of sulfonamides is 1. The molecule has 4 aromatic rings. The Bertz CT molecular complexity index is 1730. The summed E-state index contributed by atoms with van der Waals surface area (Å²) in [6, 6.07) is 15.1. The molecule has 1 aliphatic carbocycles. The normalized spacial score (nSPS) is 15.7. The van der Waals surface area contributed by atoms with Crippen LogP contribution in [0.1, 0.15) is 60.7 Å². The molecule has 7 nitrogen and oxygen atoms in total. The zero-order valence-corrected chi connectivity index (χ0v) is 24.9. The Morgan fingerprint density at radius 2 is 1.95 bits per heavy atom. The summed E-state index contributed by atoms with van der Waals surface area (Å²) in [5, 5.41) is 0.435. The Hall–Kier alpha value is -3.60. The maximum absolute atomic E-state index is 13.9. The molecule has 220 valence electrons. The summed E-state index contributed by atoms with van der Waals surface area (Å²) in [6.45, 7) is 1.96. The van der Waals surface area contributed by atoms with Gasteiger partial charge in [-0.25, -0.2) is 26.9 Å². The van der Waals surface area contributed by atoms with Crippen molar-refractivity contribution in [1.29, 1.82) is 0 Å². The molecule has 2 atom stereocenters. The van der Waals surface area contributed by atoms with Crippen LogP contribution in [0.3, 0.4) is 0 Å². The second kappa shape index (κ2) is 12.3. The number of hydrogen-bond donors (Lipinski definition) is 1. The molecule has 0 aliphatic heterocycles. The molecule has 0 fully saturated rings. The van der Waals surface area contributed by atoms with E-state index in [0.717, 1.165) is 36.1 Å². The van der Waals surface area contributed by atoms with Crippen molar-refractivity contribution in [2.75, 3.05) is 4.90 Å². The van der Waals surface area contributed by atoms with Crippen molar-refractivity contribution < 1.29 is 33.6 Å². The highest BCUT2D eigenvalue weighted by Crippen LogP contribution is 2.35. The van der Waals surface area contributed by atoms with Gasteiger partial charge in [0.05, 0.1) is 11.4 Å². The first kappa shape index (κ1) is 29.9. The van der Waals surface area contributed by atoms with Crippen LogP contribution in [0, 0.1) is 23.2 Å². The molecule has 0 radical (unpaired) electrons. The van der Waals surface area contributed by atoms with E-state index in [1.165, 1.54) is 18.2 Å². The fraction of sp³-hybridized carbons (Fsp3) is 0.290. The summed E-state index contributed by atoms with van der Waals surface area (Å²) in [5.74, 6) is -1.86. The van der Waals surface area contributed by atoms with Crippen molar-refractivity contribution in [2.45, 2.75) is 56.0 Å². The van der Waals surface area contributed by atoms with Gasteiger partial charge in [-0.05, 0) is 72.2 Å². The van der Waals surface area contributed by atoms with Gasteiger partial charge in [0.25, 0.3) is 0 Å². The number of amides is 1. The highest BCUT2D eigenvalue weighted by Gasteiger charge is 2.29. The number of rotatable bonds is 9. The van der Waals surface area contributed by atoms with E-state index >= 15 is 0 Å². The SMILES string of the molecule is C[C@H](CC(=O)N(Cc1nccn1C)c1ccc2c(c1)[C@@H](NS(=O)(=O)c1cccc([ClH+])c1)CCC2)c1ccc(F)c(F)c1. The van der Waals surface area contributed by atoms with Crippen LogP contribution in [0.4, 0.5) is 14.5 Å². The maximum atomic E-state index is 13.9. The smallest absolute Gasteiger partial charge is 0.241 e. The molecule has 0 bridgehead atoms. The van der Waals surface area contributed by atoms with Gasteiger partial charge in [-0.15, -0.1) is 0 Å². The Kier molecular flexibility index (Phi) is 8.77. The van der Waals surface area contributed by atoms with E-state index < -0.39 is 27.7 Å². The number of benzene rings is 3. The van der Waals surface area contributed by atoms with E-state index in [4.69, 9.17) is 11.6 Å². The number of carbonyl (C=O) groups is 1. The van der Waals surface area contributed by atoms with Gasteiger partial charge in [-0.3, -0.25) is 4.79 Å². The number of imidazole rings is 1. The standard InChI is InChI=1S/C31H32ClF2N4O3S/c1-20(22-10-12-27(33)28(34)16-22)15-31(39)38(19-30-35-13-14-37(30)2)24-11-9-21-5-3-8-29(26(21)18-24)36-42(40,41)25-7-4-6-23(32)17-25/h4,6-7,9-14,16-18,20,29,32,36H,3,5,8,15,19H2,1-2H3/q+1/t20-,29+/m1/s1. The van der Waals surface area contributed by atoms with Gasteiger partial charge in [0.15, 0.2) is 23.2 Å². The topological polar surface area (TPSA) is 84.3 Å². The molecule has 42 heavy (non-hydrogen) atoms. The second-order valence-electron chi connectivity index (χ2n) is 10.6. The number of halogens is 3. The number of hydrogen-bond acceptors (Lipinski definition) is 4. The monoisotopic (exact) mass is 613 g/mol. The number of aromatic nitrogens is 2. The Morgan fingerprint density at radius 1 is 1.14 bits per heavy atom. The zero-order valence-electron chi connectivity index (χ0n) is 23.3. The minimum atomic E-state index is -3.84. The molecular weight excluding hydrogens is 582 g/mol. The van der Waals surface area contributed by atoms with E-state index in [2.05, 4.69) is 9.71 Å². The van der Waals surface area contributed by atoms with Crippen LogP contribution in [-0.4, -0.2) is 23.9 Å². The van der Waals surface area contributed by atoms with Gasteiger partial charge in [0.2, 0.25) is 21.0 Å². The van der Waals surface area contributed by atoms with Crippen molar-refractivity contribution in [3.05, 3.63) is 112 Å². The molecule has 1 aliphatic rings. The minimum Gasteiger partial charge on any atom is -0.337 e. The lowest BCUT2D eigenvalue weighted by atomic mass is 9.87. The number of nitrogens with one attached hydrogen (secondary N) is 1. The highest BCUT2D eigenvalue weighted by molar-refractivity contribution is 7.89. The molecule has 1 heterocycles. The van der Waals surface area contributed by atoms with E-state index in [0.29, 0.717) is 28.5 Å². The molecule has 0 saturated heterocycles. The van der Waals surface area contributed by atoms with Crippen LogP contribution in [0.25, 0.3) is 0 Å². The van der Waals surface area contributed by atoms with E-state index in [9.17, 15) is 22.0 Å². The van der Waals surface area contributed by atoms with Crippen LogP contribution < -0.4 is 9.62 Å². The number of fused-ring (bicyclic) bond motifs is 1. The fourth-order valence-electron chi connectivity index (χ4n) is 5.30. The van der Waals surface area contributed by atoms with Crippen molar-refractivity contribution in [1.82, 2.24) is 14.3 Å². The Morgan fingerprint density at radius 3 is 2.67 bits per heavy atom. The summed E-state index contributed by atoms with van der Waals surface area (Å²) in [4.78, 5) is 19.9. The summed E-state index contributed by atoms with van der Waals surface area (Å²) >= 11 is 5.16. The largest absolute Gasteiger partial charge is 0.337 e. The van der Waals surface area contributed by atoms with Gasteiger partial charge >= 0.3 is 0 Å². The van der Waals surface area contributed by atoms with Gasteiger partial charge < -0.3 is 9.47 Å². The molecule has 5 rings (SSSR count). The van der Waals surface area contributed by atoms with Gasteiger partial charge in [0.1, 0.15) is 5.82 Å². The first-order valence-electron chi connectivity index (χ1n) is 13.7. The van der Waals surface area contributed by atoms with Crippen molar-refractivity contribution in [3.63, 3.8) is 0 Å². The molecule has 11 heteroatoms. The highest BCUT2D eigenvalue weighted by atomic mass is 35.5. The minimum absolute atomic E-state index is 0.0417. The summed E-state index contributed by atoms with van der Waals surface area (Å²) < 4.78 is 58.6. The molecule has 1 amide bonds. The average molecular weight is 614 g/mol. The molecule has 1 aromatic heterocycles. The summed E-state index contributed by atoms with van der Waals surface area (Å²) in [6.07, 6.45) is 5.68. The molecular formula is C31H32ClF2N4O3S+. The molecule has 0 saturated carbocycles. The predicted molar refractivity (Wildman–Crippen MR) is 153 cm³/mol. The second-order valence-corrected chi connectivity index (χ2v) is 12.8. The lowest BCUT2D eigenvalue weighted by Gasteiger charge is -2.30. The number of anilines is 1. The number of aryl methyl sites for hydroxylation is 2. The van der Waals surface area contributed by atoms with Crippen molar-refractivity contribution in [3.8, 4) is 0 Å². The third kappa shape index (κ3) is 6.56. The van der Waals surface area contributed by atoms with Gasteiger partial charge in [0, 0.05) is 49.7 Å². The summed E-state index contributed by atoms with van der Waals surface area (Å²) in [7, 11) is -2.00. The lowest BCUT2D eigenvalue weighted by molar-refractivity contribution is -0.289. The molecule has 0 unspecified atom stereocenters. The number of carbonyl (C=O) groups excluding carboxylic acids is 1. The van der Waals surface area contributed by atoms with Gasteiger partial charge in [-0.2, -0.15) is 0 Å². The van der Waals surface area contributed by atoms with E-state index in [-0.39, 0.29) is 29.7 Å². The van der Waals surface area contributed by atoms with E-state index in [1.807, 2.05) is 29.8 Å². The molecule has 1 N–H and O–H groups in total. The fourth-order valence-corrected chi connectivity index (χ4v) is 6.87. The quantitative estimate of drug-likeness (QED) is 0.271. The third-order valence-electron chi connectivity index (χ3n) is 7.68. The van der Waals surface area contributed by atoms with Crippen LogP contribution in [0.5, 0.6) is 0 Å². The molecule has 3 aromatic carbocycles. The maximum Gasteiger partial charge on any atom is 0.241 e. The van der Waals surface area contributed by atoms with Gasteiger partial charge in [-0.1, -0.05) is 25.1 Å². The van der Waals surface area contributed by atoms with Crippen molar-refractivity contribution in [2.24, 2.45) is 7.05 Å². The lowest BCUT2D eigenvalue weighted by Crippen LogP contribution is -2.34. The van der Waals surface area contributed by atoms with Crippen LogP contribution in [0.15, 0.2) is 78.0 Å². The third-order valence-corrected chi connectivity index (χ3v) is 9.41. The van der Waals surface area contributed by atoms with Crippen LogP contribution in [0.2, 0.25) is 5.02 Å². The van der Waals surface area contributed by atoms with Crippen LogP contribution in [-0.2, 0) is 34.8 Å². The van der Waals surface area contributed by atoms with Crippen LogP contribution >= 0.6 is 0 Å². The molecule has 0 spiro atoms. The zero-order chi connectivity index (χ0) is 30.0. The Labute approximate surface area is 249 Å². The predicted octanol–water partition coefficient (Wildman–Crippen LogP) is 5.48.